The summed E-state index contributed by atoms with van der Waals surface area (Å²) in [5.41, 5.74) is 1.09. The Hall–Kier alpha value is -2.58. The molecule has 0 bridgehead atoms. The molecule has 0 aliphatic rings. The molecule has 158 valence electrons. The summed E-state index contributed by atoms with van der Waals surface area (Å²) in [5, 5.41) is 4.40. The summed E-state index contributed by atoms with van der Waals surface area (Å²) in [6.07, 6.45) is 1.09. The van der Waals surface area contributed by atoms with Crippen molar-refractivity contribution in [3.8, 4) is 0 Å². The van der Waals surface area contributed by atoms with E-state index in [-0.39, 0.29) is 18.3 Å². The van der Waals surface area contributed by atoms with Crippen LogP contribution in [0, 0.1) is 5.82 Å². The maximum Gasteiger partial charge on any atom is 0.240 e. The number of anilines is 1. The molecule has 0 radical (unpaired) electrons. The van der Waals surface area contributed by atoms with Gasteiger partial charge in [-0.15, -0.1) is 0 Å². The molecule has 0 atom stereocenters. The van der Waals surface area contributed by atoms with E-state index in [1.54, 1.807) is 30.3 Å². The number of fused-ring (bicyclic) bond motifs is 1. The van der Waals surface area contributed by atoms with Crippen molar-refractivity contribution in [1.82, 2.24) is 5.32 Å². The Labute approximate surface area is 180 Å². The molecule has 0 aliphatic carbocycles. The van der Waals surface area contributed by atoms with Crippen LogP contribution >= 0.6 is 11.8 Å². The number of benzene rings is 3. The Morgan fingerprint density at radius 1 is 1.03 bits per heavy atom. The zero-order chi connectivity index (χ0) is 21.6. The number of nitrogens with one attached hydrogen (secondary N) is 1. The van der Waals surface area contributed by atoms with Crippen LogP contribution in [0.4, 0.5) is 10.1 Å². The molecule has 0 fully saturated rings. The number of thioether (sulfide) groups is 1. The highest BCUT2D eigenvalue weighted by atomic mass is 32.2. The van der Waals surface area contributed by atoms with E-state index in [4.69, 9.17) is 0 Å². The molecule has 3 rings (SSSR count). The maximum absolute atomic E-state index is 13.6. The maximum atomic E-state index is 13.6. The van der Waals surface area contributed by atoms with E-state index in [0.717, 1.165) is 21.3 Å². The lowest BCUT2D eigenvalue weighted by Crippen LogP contribution is -2.41. The molecular weight excluding hydrogens is 423 g/mol. The van der Waals surface area contributed by atoms with E-state index in [2.05, 4.69) is 5.32 Å². The third-order valence-corrected chi connectivity index (χ3v) is 6.64. The van der Waals surface area contributed by atoms with Crippen LogP contribution < -0.4 is 9.62 Å². The molecule has 3 aromatic rings. The molecule has 1 amide bonds. The van der Waals surface area contributed by atoms with Gasteiger partial charge in [-0.1, -0.05) is 54.6 Å². The van der Waals surface area contributed by atoms with E-state index in [9.17, 15) is 17.6 Å². The van der Waals surface area contributed by atoms with E-state index in [1.807, 2.05) is 30.3 Å². The van der Waals surface area contributed by atoms with Crippen molar-refractivity contribution in [3.05, 3.63) is 78.1 Å². The largest absolute Gasteiger partial charge is 0.354 e. The number of hydrogen-bond donors (Lipinski definition) is 1. The van der Waals surface area contributed by atoms with Crippen LogP contribution in [0.5, 0.6) is 0 Å². The zero-order valence-electron chi connectivity index (χ0n) is 16.5. The molecule has 0 saturated heterocycles. The highest BCUT2D eigenvalue weighted by molar-refractivity contribution is 7.98. The van der Waals surface area contributed by atoms with Crippen molar-refractivity contribution in [3.63, 3.8) is 0 Å². The molecule has 5 nitrogen and oxygen atoms in total. The average molecular weight is 447 g/mol. The third-order valence-electron chi connectivity index (χ3n) is 4.51. The van der Waals surface area contributed by atoms with Crippen LogP contribution in [-0.4, -0.2) is 39.4 Å². The van der Waals surface area contributed by atoms with Gasteiger partial charge in [0.05, 0.1) is 11.9 Å². The third kappa shape index (κ3) is 5.73. The minimum absolute atomic E-state index is 0.243. The summed E-state index contributed by atoms with van der Waals surface area (Å²) >= 11 is 1.50. The van der Waals surface area contributed by atoms with Gasteiger partial charge in [-0.2, -0.15) is 11.8 Å². The lowest BCUT2D eigenvalue weighted by molar-refractivity contribution is -0.119. The van der Waals surface area contributed by atoms with Gasteiger partial charge in [-0.3, -0.25) is 9.10 Å². The predicted molar refractivity (Wildman–Crippen MR) is 122 cm³/mol. The Balaban J connectivity index is 1.59. The number of halogens is 1. The summed E-state index contributed by atoms with van der Waals surface area (Å²) in [7, 11) is -3.65. The number of hydrogen-bond acceptors (Lipinski definition) is 4. The molecule has 0 aliphatic heterocycles. The summed E-state index contributed by atoms with van der Waals surface area (Å²) in [6.45, 7) is 0.0654. The normalized spacial score (nSPS) is 11.4. The smallest absolute Gasteiger partial charge is 0.240 e. The van der Waals surface area contributed by atoms with Gasteiger partial charge in [0, 0.05) is 23.4 Å². The topological polar surface area (TPSA) is 66.5 Å². The first-order valence-electron chi connectivity index (χ1n) is 9.39. The van der Waals surface area contributed by atoms with Crippen molar-refractivity contribution in [2.45, 2.75) is 5.75 Å². The first kappa shape index (κ1) is 22.1. The SMILES string of the molecule is CS(=O)(=O)N(CC(=O)NCCSCc1ccccc1F)c1cccc2ccccc12. The van der Waals surface area contributed by atoms with Gasteiger partial charge in [0.25, 0.3) is 0 Å². The fourth-order valence-corrected chi connectivity index (χ4v) is 4.77. The molecule has 1 N–H and O–H groups in total. The fourth-order valence-electron chi connectivity index (χ4n) is 3.05. The molecular formula is C22H23FN2O3S2. The van der Waals surface area contributed by atoms with E-state index in [1.165, 1.54) is 17.8 Å². The highest BCUT2D eigenvalue weighted by Crippen LogP contribution is 2.28. The van der Waals surface area contributed by atoms with Gasteiger partial charge in [0.1, 0.15) is 12.4 Å². The number of rotatable bonds is 9. The van der Waals surface area contributed by atoms with Crippen LogP contribution in [0.15, 0.2) is 66.7 Å². The van der Waals surface area contributed by atoms with Crippen molar-refractivity contribution in [2.75, 3.05) is 29.4 Å². The monoisotopic (exact) mass is 446 g/mol. The number of nitrogens with zero attached hydrogens (tertiary/aromatic N) is 1. The summed E-state index contributed by atoms with van der Waals surface area (Å²) < 4.78 is 39.5. The van der Waals surface area contributed by atoms with Gasteiger partial charge < -0.3 is 5.32 Å². The molecule has 0 spiro atoms. The highest BCUT2D eigenvalue weighted by Gasteiger charge is 2.22. The number of sulfonamides is 1. The Morgan fingerprint density at radius 3 is 2.50 bits per heavy atom. The zero-order valence-corrected chi connectivity index (χ0v) is 18.2. The number of carbonyl (C=O) groups excluding carboxylic acids is 1. The Bertz CT molecular complexity index is 1130. The minimum Gasteiger partial charge on any atom is -0.354 e. The molecule has 0 aromatic heterocycles. The van der Waals surface area contributed by atoms with Crippen molar-refractivity contribution < 1.29 is 17.6 Å². The van der Waals surface area contributed by atoms with Gasteiger partial charge in [0.2, 0.25) is 15.9 Å². The molecule has 8 heteroatoms. The molecule has 0 saturated carbocycles. The molecule has 3 aromatic carbocycles. The number of amides is 1. The quantitative estimate of drug-likeness (QED) is 0.508. The van der Waals surface area contributed by atoms with Gasteiger partial charge >= 0.3 is 0 Å². The summed E-state index contributed by atoms with van der Waals surface area (Å²) in [5.74, 6) is 0.467. The summed E-state index contributed by atoms with van der Waals surface area (Å²) in [6, 6.07) is 19.4. The van der Waals surface area contributed by atoms with Gasteiger partial charge in [-0.25, -0.2) is 12.8 Å². The lowest BCUT2D eigenvalue weighted by Gasteiger charge is -2.23. The predicted octanol–water partition coefficient (Wildman–Crippen LogP) is 3.79. The first-order valence-corrected chi connectivity index (χ1v) is 12.4. The number of carbonyl (C=O) groups is 1. The van der Waals surface area contributed by atoms with Crippen LogP contribution in [0.25, 0.3) is 10.8 Å². The Morgan fingerprint density at radius 2 is 1.73 bits per heavy atom. The lowest BCUT2D eigenvalue weighted by atomic mass is 10.1. The second-order valence-electron chi connectivity index (χ2n) is 6.76. The van der Waals surface area contributed by atoms with Crippen molar-refractivity contribution >= 4 is 44.2 Å². The van der Waals surface area contributed by atoms with Crippen LogP contribution in [0.3, 0.4) is 0 Å². The second kappa shape index (κ2) is 9.95. The summed E-state index contributed by atoms with van der Waals surface area (Å²) in [4.78, 5) is 12.4. The first-order chi connectivity index (χ1) is 14.4. The fraction of sp³-hybridized carbons (Fsp3) is 0.227. The van der Waals surface area contributed by atoms with Gasteiger partial charge in [0.15, 0.2) is 0 Å². The van der Waals surface area contributed by atoms with Crippen molar-refractivity contribution in [2.24, 2.45) is 0 Å². The molecule has 0 heterocycles. The van der Waals surface area contributed by atoms with Crippen LogP contribution in [0.1, 0.15) is 5.56 Å². The second-order valence-corrected chi connectivity index (χ2v) is 9.77. The van der Waals surface area contributed by atoms with Crippen LogP contribution in [0.2, 0.25) is 0 Å². The average Bonchev–Trinajstić information content (AvgIpc) is 2.72. The standard InChI is InChI=1S/C22H23FN2O3S2/c1-30(27,28)25(21-12-6-9-17-7-2-4-10-19(17)21)15-22(26)24-13-14-29-16-18-8-3-5-11-20(18)23/h2-12H,13-16H2,1H3,(H,24,26). The Kier molecular flexibility index (Phi) is 7.33. The molecule has 0 unspecified atom stereocenters. The van der Waals surface area contributed by atoms with Gasteiger partial charge in [-0.05, 0) is 23.1 Å². The van der Waals surface area contributed by atoms with E-state index in [0.29, 0.717) is 29.3 Å². The minimum atomic E-state index is -3.65. The van der Waals surface area contributed by atoms with E-state index >= 15 is 0 Å². The molecule has 30 heavy (non-hydrogen) atoms. The van der Waals surface area contributed by atoms with E-state index < -0.39 is 10.0 Å². The van der Waals surface area contributed by atoms with Crippen LogP contribution in [-0.2, 0) is 20.6 Å². The van der Waals surface area contributed by atoms with Crippen molar-refractivity contribution in [1.29, 1.82) is 0 Å².